The molecule has 1 amide bonds. The lowest BCUT2D eigenvalue weighted by molar-refractivity contribution is 0.0963. The quantitative estimate of drug-likeness (QED) is 0.775. The van der Waals surface area contributed by atoms with Gasteiger partial charge < -0.3 is 15.5 Å². The Bertz CT molecular complexity index is 824. The maximum atomic E-state index is 12.5. The molecule has 0 aliphatic heterocycles. The van der Waals surface area contributed by atoms with E-state index in [0.717, 1.165) is 16.5 Å². The van der Waals surface area contributed by atoms with Gasteiger partial charge in [0.25, 0.3) is 5.91 Å². The van der Waals surface area contributed by atoms with E-state index in [9.17, 15) is 9.59 Å². The number of halogens is 1. The molecule has 0 saturated heterocycles. The highest BCUT2D eigenvalue weighted by Gasteiger charge is 2.29. The number of furan rings is 1. The van der Waals surface area contributed by atoms with E-state index < -0.39 is 5.91 Å². The summed E-state index contributed by atoms with van der Waals surface area (Å²) in [5.41, 5.74) is 9.07. The minimum absolute atomic E-state index is 0.0457. The van der Waals surface area contributed by atoms with Crippen LogP contribution in [0.15, 0.2) is 21.0 Å². The number of benzene rings is 1. The number of anilines is 2. The molecule has 0 fully saturated rings. The molecule has 5 nitrogen and oxygen atoms in total. The van der Waals surface area contributed by atoms with Crippen LogP contribution in [0, 0.1) is 13.8 Å². The van der Waals surface area contributed by atoms with E-state index in [1.165, 1.54) is 0 Å². The summed E-state index contributed by atoms with van der Waals surface area (Å²) in [4.78, 5) is 24.6. The first-order valence-electron chi connectivity index (χ1n) is 7.41. The number of nitrogens with one attached hydrogen (secondary N) is 1. The van der Waals surface area contributed by atoms with Gasteiger partial charge in [0.15, 0.2) is 11.5 Å². The molecule has 1 aliphatic rings. The molecule has 1 heterocycles. The van der Waals surface area contributed by atoms with Crippen LogP contribution in [0.4, 0.5) is 11.4 Å². The SMILES string of the molecule is Cc1cc(Br)cc(NC(=O)c2oc3c(c2C)C(=O)CCC3)c1N. The molecular formula is C17H17BrN2O3. The predicted octanol–water partition coefficient (Wildman–Crippen LogP) is 4.01. The maximum absolute atomic E-state index is 12.5. The Morgan fingerprint density at radius 3 is 2.74 bits per heavy atom. The molecule has 0 saturated carbocycles. The summed E-state index contributed by atoms with van der Waals surface area (Å²) in [6.07, 6.45) is 1.96. The Labute approximate surface area is 142 Å². The summed E-state index contributed by atoms with van der Waals surface area (Å²) in [6, 6.07) is 3.62. The number of hydrogen-bond donors (Lipinski definition) is 2. The van der Waals surface area contributed by atoms with Crippen molar-refractivity contribution in [3.8, 4) is 0 Å². The van der Waals surface area contributed by atoms with Gasteiger partial charge in [-0.05, 0) is 38.0 Å². The van der Waals surface area contributed by atoms with Crippen molar-refractivity contribution in [2.75, 3.05) is 11.1 Å². The number of ketones is 1. The second kappa shape index (κ2) is 5.85. The molecule has 0 unspecified atom stereocenters. The van der Waals surface area contributed by atoms with Crippen molar-refractivity contribution >= 4 is 39.0 Å². The third-order valence-corrected chi connectivity index (χ3v) is 4.57. The molecule has 1 aromatic heterocycles. The van der Waals surface area contributed by atoms with E-state index in [-0.39, 0.29) is 11.5 Å². The van der Waals surface area contributed by atoms with Crippen molar-refractivity contribution in [1.29, 1.82) is 0 Å². The molecule has 1 aliphatic carbocycles. The van der Waals surface area contributed by atoms with Crippen molar-refractivity contribution in [3.63, 3.8) is 0 Å². The summed E-state index contributed by atoms with van der Waals surface area (Å²) in [6.45, 7) is 3.61. The first-order chi connectivity index (χ1) is 10.9. The summed E-state index contributed by atoms with van der Waals surface area (Å²) >= 11 is 3.39. The largest absolute Gasteiger partial charge is 0.455 e. The first kappa shape index (κ1) is 15.8. The van der Waals surface area contributed by atoms with Crippen LogP contribution in [-0.4, -0.2) is 11.7 Å². The maximum Gasteiger partial charge on any atom is 0.291 e. The minimum Gasteiger partial charge on any atom is -0.455 e. The van der Waals surface area contributed by atoms with Crippen LogP contribution in [0.3, 0.4) is 0 Å². The number of carbonyl (C=O) groups excluding carboxylic acids is 2. The fourth-order valence-electron chi connectivity index (χ4n) is 2.90. The van der Waals surface area contributed by atoms with Crippen molar-refractivity contribution in [2.24, 2.45) is 0 Å². The fourth-order valence-corrected chi connectivity index (χ4v) is 3.47. The van der Waals surface area contributed by atoms with Gasteiger partial charge in [0.05, 0.1) is 16.9 Å². The normalized spacial score (nSPS) is 13.8. The van der Waals surface area contributed by atoms with Crippen molar-refractivity contribution in [1.82, 2.24) is 0 Å². The van der Waals surface area contributed by atoms with Crippen LogP contribution < -0.4 is 11.1 Å². The molecule has 3 rings (SSSR count). The number of carbonyl (C=O) groups is 2. The third kappa shape index (κ3) is 2.79. The molecule has 1 aromatic carbocycles. The number of nitrogens with two attached hydrogens (primary N) is 1. The van der Waals surface area contributed by atoms with E-state index in [0.29, 0.717) is 41.1 Å². The Kier molecular flexibility index (Phi) is 4.02. The Morgan fingerprint density at radius 1 is 1.30 bits per heavy atom. The van der Waals surface area contributed by atoms with Crippen molar-refractivity contribution in [2.45, 2.75) is 33.1 Å². The molecule has 0 spiro atoms. The molecule has 0 bridgehead atoms. The lowest BCUT2D eigenvalue weighted by Gasteiger charge is -2.10. The fraction of sp³-hybridized carbons (Fsp3) is 0.294. The molecular weight excluding hydrogens is 360 g/mol. The summed E-state index contributed by atoms with van der Waals surface area (Å²) in [5, 5.41) is 2.77. The Morgan fingerprint density at radius 2 is 2.04 bits per heavy atom. The Balaban J connectivity index is 1.95. The van der Waals surface area contributed by atoms with Crippen LogP contribution in [0.25, 0.3) is 0 Å². The van der Waals surface area contributed by atoms with Crippen LogP contribution in [-0.2, 0) is 6.42 Å². The standard InChI is InChI=1S/C17H17BrN2O3/c1-8-6-10(18)7-11(15(8)19)20-17(22)16-9(2)14-12(21)4-3-5-13(14)23-16/h6-7H,3-5,19H2,1-2H3,(H,20,22). The number of fused-ring (bicyclic) bond motifs is 1. The average molecular weight is 377 g/mol. The smallest absolute Gasteiger partial charge is 0.291 e. The van der Waals surface area contributed by atoms with Gasteiger partial charge in [-0.3, -0.25) is 9.59 Å². The number of Topliss-reactive ketones (excluding diaryl/α,β-unsaturated/α-hetero) is 1. The second-order valence-corrected chi connectivity index (χ2v) is 6.68. The van der Waals surface area contributed by atoms with E-state index in [1.54, 1.807) is 13.0 Å². The summed E-state index contributed by atoms with van der Waals surface area (Å²) in [5.74, 6) is 0.447. The third-order valence-electron chi connectivity index (χ3n) is 4.11. The van der Waals surface area contributed by atoms with Gasteiger partial charge in [0.1, 0.15) is 5.76 Å². The lowest BCUT2D eigenvalue weighted by atomic mass is 9.94. The number of aryl methyl sites for hydroxylation is 2. The monoisotopic (exact) mass is 376 g/mol. The van der Waals surface area contributed by atoms with E-state index in [2.05, 4.69) is 21.2 Å². The number of rotatable bonds is 2. The van der Waals surface area contributed by atoms with Gasteiger partial charge in [-0.2, -0.15) is 0 Å². The summed E-state index contributed by atoms with van der Waals surface area (Å²) < 4.78 is 6.48. The van der Waals surface area contributed by atoms with E-state index in [4.69, 9.17) is 10.2 Å². The molecule has 0 atom stereocenters. The highest BCUT2D eigenvalue weighted by Crippen LogP contribution is 2.31. The van der Waals surface area contributed by atoms with Gasteiger partial charge >= 0.3 is 0 Å². The summed E-state index contributed by atoms with van der Waals surface area (Å²) in [7, 11) is 0. The first-order valence-corrected chi connectivity index (χ1v) is 8.20. The minimum atomic E-state index is -0.395. The number of nitrogen functional groups attached to an aromatic ring is 1. The van der Waals surface area contributed by atoms with Gasteiger partial charge in [-0.1, -0.05) is 15.9 Å². The predicted molar refractivity (Wildman–Crippen MR) is 92.0 cm³/mol. The zero-order valence-electron chi connectivity index (χ0n) is 13.0. The van der Waals surface area contributed by atoms with Gasteiger partial charge in [0, 0.05) is 22.9 Å². The average Bonchev–Trinajstić information content (AvgIpc) is 2.83. The Hall–Kier alpha value is -2.08. The van der Waals surface area contributed by atoms with E-state index >= 15 is 0 Å². The van der Waals surface area contributed by atoms with Crippen LogP contribution in [0.2, 0.25) is 0 Å². The van der Waals surface area contributed by atoms with Crippen molar-refractivity contribution in [3.05, 3.63) is 44.8 Å². The highest BCUT2D eigenvalue weighted by molar-refractivity contribution is 9.10. The van der Waals surface area contributed by atoms with Crippen LogP contribution >= 0.6 is 15.9 Å². The number of hydrogen-bond acceptors (Lipinski definition) is 4. The highest BCUT2D eigenvalue weighted by atomic mass is 79.9. The lowest BCUT2D eigenvalue weighted by Crippen LogP contribution is -2.14. The molecule has 0 radical (unpaired) electrons. The topological polar surface area (TPSA) is 85.3 Å². The van der Waals surface area contributed by atoms with Gasteiger partial charge in [-0.15, -0.1) is 0 Å². The molecule has 3 N–H and O–H groups in total. The second-order valence-electron chi connectivity index (χ2n) is 5.77. The molecule has 2 aromatic rings. The molecule has 120 valence electrons. The van der Waals surface area contributed by atoms with Crippen molar-refractivity contribution < 1.29 is 14.0 Å². The number of amides is 1. The zero-order chi connectivity index (χ0) is 16.7. The molecule has 6 heteroatoms. The van der Waals surface area contributed by atoms with Gasteiger partial charge in [0.2, 0.25) is 0 Å². The zero-order valence-corrected chi connectivity index (χ0v) is 14.5. The van der Waals surface area contributed by atoms with Crippen LogP contribution in [0.5, 0.6) is 0 Å². The van der Waals surface area contributed by atoms with E-state index in [1.807, 2.05) is 13.0 Å². The van der Waals surface area contributed by atoms with Gasteiger partial charge in [-0.25, -0.2) is 0 Å². The molecule has 23 heavy (non-hydrogen) atoms. The van der Waals surface area contributed by atoms with Crippen LogP contribution in [0.1, 0.15) is 50.6 Å².